The SMILES string of the molecule is COc1ncc(-c2ccc3nc4c(c(=O)n3c2)OCCC4)cc1NS(=O)(=O)c1sc(C)nc1C. The number of methoxy groups -OCH3 is 1. The van der Waals surface area contributed by atoms with Gasteiger partial charge in [0, 0.05) is 23.5 Å². The van der Waals surface area contributed by atoms with E-state index in [1.807, 2.05) is 0 Å². The first-order valence-electron chi connectivity index (χ1n) is 10.5. The molecule has 0 bridgehead atoms. The Balaban J connectivity index is 1.57. The summed E-state index contributed by atoms with van der Waals surface area (Å²) in [4.78, 5) is 26.0. The van der Waals surface area contributed by atoms with Gasteiger partial charge in [-0.2, -0.15) is 0 Å². The van der Waals surface area contributed by atoms with Crippen molar-refractivity contribution in [3.8, 4) is 22.8 Å². The largest absolute Gasteiger partial charge is 0.486 e. The highest BCUT2D eigenvalue weighted by molar-refractivity contribution is 7.94. The first kappa shape index (κ1) is 22.3. The molecule has 0 aromatic carbocycles. The molecule has 1 aliphatic rings. The van der Waals surface area contributed by atoms with Crippen LogP contribution >= 0.6 is 11.3 Å². The number of ether oxygens (including phenoxy) is 2. The minimum atomic E-state index is -3.90. The molecule has 0 atom stereocenters. The van der Waals surface area contributed by atoms with Crippen molar-refractivity contribution in [2.24, 2.45) is 0 Å². The predicted molar refractivity (Wildman–Crippen MR) is 127 cm³/mol. The van der Waals surface area contributed by atoms with E-state index >= 15 is 0 Å². The van der Waals surface area contributed by atoms with Crippen molar-refractivity contribution in [2.75, 3.05) is 18.4 Å². The minimum Gasteiger partial charge on any atom is -0.486 e. The standard InChI is InChI=1S/C22H21N5O5S2/c1-12-22(33-13(2)24-12)34(29,30)26-17-9-15(10-23-20(17)31-3)14-6-7-18-25-16-5-4-8-32-19(16)21(28)27(18)11-14/h6-7,9-11,26H,4-5,8H2,1-3H3. The summed E-state index contributed by atoms with van der Waals surface area (Å²) in [6.45, 7) is 3.88. The van der Waals surface area contributed by atoms with Crippen LogP contribution in [0, 0.1) is 13.8 Å². The van der Waals surface area contributed by atoms with Gasteiger partial charge in [0.15, 0.2) is 4.21 Å². The van der Waals surface area contributed by atoms with Crippen molar-refractivity contribution >= 4 is 32.7 Å². The third-order valence-corrected chi connectivity index (χ3v) is 8.43. The predicted octanol–water partition coefficient (Wildman–Crippen LogP) is 2.96. The lowest BCUT2D eigenvalue weighted by Gasteiger charge is -2.17. The lowest BCUT2D eigenvalue weighted by molar-refractivity contribution is 0.280. The van der Waals surface area contributed by atoms with Crippen molar-refractivity contribution in [2.45, 2.75) is 30.9 Å². The molecule has 0 saturated carbocycles. The highest BCUT2D eigenvalue weighted by Gasteiger charge is 2.24. The average molecular weight is 500 g/mol. The molecule has 0 saturated heterocycles. The smallest absolute Gasteiger partial charge is 0.300 e. The number of hydrogen-bond donors (Lipinski definition) is 1. The van der Waals surface area contributed by atoms with Crippen LogP contribution in [0.2, 0.25) is 0 Å². The Labute approximate surface area is 199 Å². The summed E-state index contributed by atoms with van der Waals surface area (Å²) in [6.07, 6.45) is 4.71. The Bertz CT molecular complexity index is 1590. The molecule has 4 aromatic heterocycles. The first-order valence-corrected chi connectivity index (χ1v) is 12.8. The molecule has 5 rings (SSSR count). The van der Waals surface area contributed by atoms with Crippen molar-refractivity contribution in [1.82, 2.24) is 19.4 Å². The highest BCUT2D eigenvalue weighted by Crippen LogP contribution is 2.32. The van der Waals surface area contributed by atoms with Gasteiger partial charge in [0.25, 0.3) is 10.0 Å². The minimum absolute atomic E-state index is 0.119. The molecule has 0 radical (unpaired) electrons. The Morgan fingerprint density at radius 2 is 2.03 bits per heavy atom. The molecule has 10 nitrogen and oxygen atoms in total. The third kappa shape index (κ3) is 3.88. The Hall–Kier alpha value is -3.51. The summed E-state index contributed by atoms with van der Waals surface area (Å²) in [5.41, 5.74) is 2.72. The van der Waals surface area contributed by atoms with E-state index in [0.29, 0.717) is 46.2 Å². The van der Waals surface area contributed by atoms with Crippen molar-refractivity contribution in [3.63, 3.8) is 0 Å². The van der Waals surface area contributed by atoms with Crippen molar-refractivity contribution in [1.29, 1.82) is 0 Å². The fourth-order valence-electron chi connectivity index (χ4n) is 3.87. The maximum Gasteiger partial charge on any atom is 0.300 e. The molecule has 0 amide bonds. The number of aryl methyl sites for hydroxylation is 3. The van der Waals surface area contributed by atoms with Crippen molar-refractivity contribution in [3.05, 3.63) is 57.3 Å². The van der Waals surface area contributed by atoms with Crippen LogP contribution in [0.4, 0.5) is 5.69 Å². The summed E-state index contributed by atoms with van der Waals surface area (Å²) in [5.74, 6) is 0.394. The zero-order valence-corrected chi connectivity index (χ0v) is 20.3. The summed E-state index contributed by atoms with van der Waals surface area (Å²) >= 11 is 1.09. The average Bonchev–Trinajstić information content (AvgIpc) is 3.17. The quantitative estimate of drug-likeness (QED) is 0.444. The molecule has 5 heterocycles. The molecular weight excluding hydrogens is 478 g/mol. The fraction of sp³-hybridized carbons (Fsp3) is 0.273. The number of fused-ring (bicyclic) bond motifs is 2. The number of sulfonamides is 1. The number of nitrogens with one attached hydrogen (secondary N) is 1. The number of rotatable bonds is 5. The van der Waals surface area contributed by atoms with Crippen LogP contribution in [0.1, 0.15) is 22.8 Å². The van der Waals surface area contributed by atoms with E-state index < -0.39 is 10.0 Å². The van der Waals surface area contributed by atoms with E-state index in [2.05, 4.69) is 19.7 Å². The Morgan fingerprint density at radius 1 is 1.21 bits per heavy atom. The molecule has 1 aliphatic heterocycles. The van der Waals surface area contributed by atoms with Gasteiger partial charge in [-0.1, -0.05) is 0 Å². The zero-order valence-electron chi connectivity index (χ0n) is 18.7. The number of thiazole rings is 1. The van der Waals surface area contributed by atoms with E-state index in [-0.39, 0.29) is 27.1 Å². The second-order valence-corrected chi connectivity index (χ2v) is 10.9. The van der Waals surface area contributed by atoms with Crippen LogP contribution in [0.25, 0.3) is 16.8 Å². The van der Waals surface area contributed by atoms with Gasteiger partial charge in [-0.05, 0) is 44.9 Å². The Morgan fingerprint density at radius 3 is 2.76 bits per heavy atom. The van der Waals surface area contributed by atoms with Gasteiger partial charge in [-0.15, -0.1) is 11.3 Å². The summed E-state index contributed by atoms with van der Waals surface area (Å²) in [5, 5.41) is 0.651. The molecular formula is C22H21N5O5S2. The summed E-state index contributed by atoms with van der Waals surface area (Å²) in [6, 6.07) is 5.15. The molecule has 12 heteroatoms. The molecule has 4 aromatic rings. The van der Waals surface area contributed by atoms with Gasteiger partial charge in [0.05, 0.1) is 30.1 Å². The van der Waals surface area contributed by atoms with Gasteiger partial charge in [-0.25, -0.2) is 23.4 Å². The monoisotopic (exact) mass is 499 g/mol. The zero-order chi connectivity index (χ0) is 24.0. The van der Waals surface area contributed by atoms with E-state index in [1.165, 1.54) is 11.5 Å². The van der Waals surface area contributed by atoms with Crippen LogP contribution in [-0.4, -0.2) is 41.5 Å². The second-order valence-electron chi connectivity index (χ2n) is 7.78. The number of anilines is 1. The van der Waals surface area contributed by atoms with Gasteiger partial charge in [0.1, 0.15) is 11.3 Å². The van der Waals surface area contributed by atoms with Gasteiger partial charge >= 0.3 is 5.56 Å². The summed E-state index contributed by atoms with van der Waals surface area (Å²) < 4.78 is 41.0. The molecule has 0 fully saturated rings. The van der Waals surface area contributed by atoms with Gasteiger partial charge in [-0.3, -0.25) is 13.9 Å². The van der Waals surface area contributed by atoms with E-state index in [9.17, 15) is 13.2 Å². The van der Waals surface area contributed by atoms with Crippen LogP contribution in [0.3, 0.4) is 0 Å². The van der Waals surface area contributed by atoms with Crippen LogP contribution in [0.5, 0.6) is 11.6 Å². The third-order valence-electron chi connectivity index (χ3n) is 5.38. The topological polar surface area (TPSA) is 125 Å². The number of pyridine rings is 2. The molecule has 0 aliphatic carbocycles. The van der Waals surface area contributed by atoms with E-state index in [0.717, 1.165) is 17.8 Å². The van der Waals surface area contributed by atoms with Crippen LogP contribution in [-0.2, 0) is 16.4 Å². The Kier molecular flexibility index (Phi) is 5.48. The molecule has 0 spiro atoms. The van der Waals surface area contributed by atoms with Crippen LogP contribution < -0.4 is 19.8 Å². The first-order chi connectivity index (χ1) is 16.3. The van der Waals surface area contributed by atoms with Crippen molar-refractivity contribution < 1.29 is 17.9 Å². The number of hydrogen-bond acceptors (Lipinski definition) is 9. The van der Waals surface area contributed by atoms with Gasteiger partial charge in [0.2, 0.25) is 11.6 Å². The maximum atomic E-state index is 13.0. The molecule has 0 unspecified atom stereocenters. The lowest BCUT2D eigenvalue weighted by Crippen LogP contribution is -2.24. The lowest BCUT2D eigenvalue weighted by atomic mass is 10.1. The molecule has 34 heavy (non-hydrogen) atoms. The van der Waals surface area contributed by atoms with E-state index in [1.54, 1.807) is 44.4 Å². The second kappa shape index (κ2) is 8.37. The van der Waals surface area contributed by atoms with E-state index in [4.69, 9.17) is 9.47 Å². The van der Waals surface area contributed by atoms with Gasteiger partial charge < -0.3 is 9.47 Å². The maximum absolute atomic E-state index is 13.0. The fourth-order valence-corrected chi connectivity index (χ4v) is 6.40. The number of aromatic nitrogens is 4. The highest BCUT2D eigenvalue weighted by atomic mass is 32.2. The number of nitrogens with zero attached hydrogens (tertiary/aromatic N) is 4. The molecule has 1 N–H and O–H groups in total. The summed E-state index contributed by atoms with van der Waals surface area (Å²) in [7, 11) is -2.49. The van der Waals surface area contributed by atoms with Crippen LogP contribution in [0.15, 0.2) is 39.6 Å². The molecule has 176 valence electrons. The normalized spacial score (nSPS) is 13.4.